The number of aryl methyl sites for hydroxylation is 1. The first-order valence-electron chi connectivity index (χ1n) is 9.14. The van der Waals surface area contributed by atoms with Crippen LogP contribution in [0.15, 0.2) is 24.3 Å². The number of hydrogen-bond acceptors (Lipinski definition) is 5. The molecule has 3 rings (SSSR count). The summed E-state index contributed by atoms with van der Waals surface area (Å²) in [4.78, 5) is 28.5. The summed E-state index contributed by atoms with van der Waals surface area (Å²) in [5, 5.41) is 2.94. The molecule has 2 amide bonds. The van der Waals surface area contributed by atoms with Crippen LogP contribution in [0, 0.1) is 6.92 Å². The van der Waals surface area contributed by atoms with Gasteiger partial charge in [-0.15, -0.1) is 0 Å². The number of benzene rings is 1. The Morgan fingerprint density at radius 1 is 1.12 bits per heavy atom. The van der Waals surface area contributed by atoms with Crippen LogP contribution in [-0.4, -0.2) is 80.3 Å². The van der Waals surface area contributed by atoms with E-state index in [4.69, 9.17) is 9.47 Å². The maximum atomic E-state index is 12.5. The van der Waals surface area contributed by atoms with E-state index in [1.807, 2.05) is 36.1 Å². The van der Waals surface area contributed by atoms with Gasteiger partial charge in [-0.05, 0) is 12.5 Å². The summed E-state index contributed by atoms with van der Waals surface area (Å²) in [5.41, 5.74) is 2.27. The smallest absolute Gasteiger partial charge is 0.253 e. The monoisotopic (exact) mass is 361 g/mol. The molecule has 1 atom stereocenters. The number of carbonyl (C=O) groups is 2. The molecular formula is C19H27N3O4. The van der Waals surface area contributed by atoms with E-state index in [9.17, 15) is 9.59 Å². The molecule has 0 spiro atoms. The summed E-state index contributed by atoms with van der Waals surface area (Å²) < 4.78 is 10.9. The minimum absolute atomic E-state index is 0.00179. The lowest BCUT2D eigenvalue weighted by atomic mass is 10.1. The van der Waals surface area contributed by atoms with E-state index in [1.54, 1.807) is 4.90 Å². The summed E-state index contributed by atoms with van der Waals surface area (Å²) in [7, 11) is 0. The van der Waals surface area contributed by atoms with Crippen LogP contribution in [0.3, 0.4) is 0 Å². The Hall–Kier alpha value is -1.96. The van der Waals surface area contributed by atoms with Crippen LogP contribution in [0.25, 0.3) is 0 Å². The van der Waals surface area contributed by atoms with Crippen molar-refractivity contribution in [2.75, 3.05) is 52.5 Å². The summed E-state index contributed by atoms with van der Waals surface area (Å²) in [6, 6.07) is 8.10. The van der Waals surface area contributed by atoms with Gasteiger partial charge in [-0.2, -0.15) is 0 Å². The minimum atomic E-state index is -0.494. The van der Waals surface area contributed by atoms with Crippen molar-refractivity contribution in [3.63, 3.8) is 0 Å². The Morgan fingerprint density at radius 2 is 1.85 bits per heavy atom. The normalized spacial score (nSPS) is 21.4. The Kier molecular flexibility index (Phi) is 6.60. The summed E-state index contributed by atoms with van der Waals surface area (Å²) in [6.45, 7) is 6.76. The molecule has 0 aliphatic carbocycles. The molecule has 7 heteroatoms. The predicted octanol–water partition coefficient (Wildman–Crippen LogP) is 0.171. The third-order valence-electron chi connectivity index (χ3n) is 4.73. The number of hydrogen-bond donors (Lipinski definition) is 1. The van der Waals surface area contributed by atoms with Crippen LogP contribution in [-0.2, 0) is 25.6 Å². The van der Waals surface area contributed by atoms with Crippen molar-refractivity contribution >= 4 is 11.8 Å². The van der Waals surface area contributed by atoms with Crippen LogP contribution in [0.4, 0.5) is 0 Å². The zero-order valence-electron chi connectivity index (χ0n) is 15.3. The Balaban J connectivity index is 1.44. The van der Waals surface area contributed by atoms with E-state index >= 15 is 0 Å². The first kappa shape index (κ1) is 18.8. The summed E-state index contributed by atoms with van der Waals surface area (Å²) in [6.07, 6.45) is -0.494. The van der Waals surface area contributed by atoms with Crippen molar-refractivity contribution in [3.8, 4) is 0 Å². The fourth-order valence-electron chi connectivity index (χ4n) is 3.15. The molecule has 1 aromatic carbocycles. The average molecular weight is 361 g/mol. The van der Waals surface area contributed by atoms with E-state index in [1.165, 1.54) is 5.56 Å². The minimum Gasteiger partial charge on any atom is -0.378 e. The molecule has 26 heavy (non-hydrogen) atoms. The molecule has 0 radical (unpaired) electrons. The van der Waals surface area contributed by atoms with E-state index in [2.05, 4.69) is 5.32 Å². The number of amides is 2. The fraction of sp³-hybridized carbons (Fsp3) is 0.579. The van der Waals surface area contributed by atoms with Crippen LogP contribution in [0.2, 0.25) is 0 Å². The molecule has 7 nitrogen and oxygen atoms in total. The quantitative estimate of drug-likeness (QED) is 0.810. The SMILES string of the molecule is Cc1ccc(CNC(=O)CN2CCOC(C(=O)N3CCOCC3)C2)cc1. The van der Waals surface area contributed by atoms with Crippen molar-refractivity contribution in [1.29, 1.82) is 0 Å². The molecule has 1 unspecified atom stereocenters. The topological polar surface area (TPSA) is 71.1 Å². The number of nitrogens with zero attached hydrogens (tertiary/aromatic N) is 2. The zero-order chi connectivity index (χ0) is 18.4. The highest BCUT2D eigenvalue weighted by atomic mass is 16.5. The van der Waals surface area contributed by atoms with Crippen LogP contribution >= 0.6 is 0 Å². The third kappa shape index (κ3) is 5.27. The molecule has 0 aromatic heterocycles. The molecule has 2 saturated heterocycles. The van der Waals surface area contributed by atoms with E-state index in [0.29, 0.717) is 52.5 Å². The van der Waals surface area contributed by atoms with Crippen molar-refractivity contribution in [2.45, 2.75) is 19.6 Å². The highest BCUT2D eigenvalue weighted by molar-refractivity contribution is 5.82. The zero-order valence-corrected chi connectivity index (χ0v) is 15.3. The van der Waals surface area contributed by atoms with Gasteiger partial charge in [0.2, 0.25) is 5.91 Å². The van der Waals surface area contributed by atoms with Gasteiger partial charge in [-0.25, -0.2) is 0 Å². The molecule has 1 aromatic rings. The largest absolute Gasteiger partial charge is 0.378 e. The maximum absolute atomic E-state index is 12.5. The van der Waals surface area contributed by atoms with Gasteiger partial charge in [0.25, 0.3) is 5.91 Å². The molecular weight excluding hydrogens is 334 g/mol. The van der Waals surface area contributed by atoms with E-state index in [0.717, 1.165) is 5.56 Å². The Bertz CT molecular complexity index is 614. The predicted molar refractivity (Wildman–Crippen MR) is 96.6 cm³/mol. The highest BCUT2D eigenvalue weighted by Crippen LogP contribution is 2.10. The van der Waals surface area contributed by atoms with Gasteiger partial charge >= 0.3 is 0 Å². The van der Waals surface area contributed by atoms with Crippen molar-refractivity contribution in [2.24, 2.45) is 0 Å². The molecule has 2 aliphatic heterocycles. The number of ether oxygens (including phenoxy) is 2. The molecule has 142 valence electrons. The van der Waals surface area contributed by atoms with Crippen LogP contribution in [0.5, 0.6) is 0 Å². The number of rotatable bonds is 5. The molecule has 2 fully saturated rings. The lowest BCUT2D eigenvalue weighted by Crippen LogP contribution is -2.54. The molecule has 0 saturated carbocycles. The molecule has 0 bridgehead atoms. The Morgan fingerprint density at radius 3 is 2.58 bits per heavy atom. The van der Waals surface area contributed by atoms with Gasteiger partial charge in [0, 0.05) is 32.7 Å². The molecule has 2 aliphatic rings. The standard InChI is InChI=1S/C19H27N3O4/c1-15-2-4-16(5-3-15)12-20-18(23)14-21-6-11-26-17(13-21)19(24)22-7-9-25-10-8-22/h2-5,17H,6-14H2,1H3,(H,20,23). The first-order chi connectivity index (χ1) is 12.6. The summed E-state index contributed by atoms with van der Waals surface area (Å²) in [5.74, 6) is -0.0388. The fourth-order valence-corrected chi connectivity index (χ4v) is 3.15. The van der Waals surface area contributed by atoms with E-state index < -0.39 is 6.10 Å². The van der Waals surface area contributed by atoms with Gasteiger partial charge in [0.1, 0.15) is 6.10 Å². The first-order valence-corrected chi connectivity index (χ1v) is 9.14. The van der Waals surface area contributed by atoms with Gasteiger partial charge in [0.05, 0.1) is 26.4 Å². The lowest BCUT2D eigenvalue weighted by molar-refractivity contribution is -0.154. The van der Waals surface area contributed by atoms with Crippen LogP contribution in [0.1, 0.15) is 11.1 Å². The third-order valence-corrected chi connectivity index (χ3v) is 4.73. The van der Waals surface area contributed by atoms with Gasteiger partial charge in [0.15, 0.2) is 0 Å². The number of morpholine rings is 2. The average Bonchev–Trinajstić information content (AvgIpc) is 2.68. The van der Waals surface area contributed by atoms with Gasteiger partial charge in [-0.1, -0.05) is 29.8 Å². The van der Waals surface area contributed by atoms with Crippen molar-refractivity contribution in [1.82, 2.24) is 15.1 Å². The number of carbonyl (C=O) groups excluding carboxylic acids is 2. The lowest BCUT2D eigenvalue weighted by Gasteiger charge is -2.35. The number of nitrogens with one attached hydrogen (secondary N) is 1. The molecule has 1 N–H and O–H groups in total. The second-order valence-corrected chi connectivity index (χ2v) is 6.79. The van der Waals surface area contributed by atoms with Crippen LogP contribution < -0.4 is 5.32 Å². The second kappa shape index (κ2) is 9.12. The van der Waals surface area contributed by atoms with Gasteiger partial charge in [-0.3, -0.25) is 14.5 Å². The Labute approximate surface area is 154 Å². The second-order valence-electron chi connectivity index (χ2n) is 6.79. The summed E-state index contributed by atoms with van der Waals surface area (Å²) >= 11 is 0. The van der Waals surface area contributed by atoms with Crippen molar-refractivity contribution in [3.05, 3.63) is 35.4 Å². The van der Waals surface area contributed by atoms with Gasteiger partial charge < -0.3 is 19.7 Å². The van der Waals surface area contributed by atoms with Crippen molar-refractivity contribution < 1.29 is 19.1 Å². The maximum Gasteiger partial charge on any atom is 0.253 e. The van der Waals surface area contributed by atoms with E-state index in [-0.39, 0.29) is 18.4 Å². The highest BCUT2D eigenvalue weighted by Gasteiger charge is 2.31. The molecule has 2 heterocycles.